The molecule has 2 aromatic rings. The number of rotatable bonds is 2. The highest BCUT2D eigenvalue weighted by molar-refractivity contribution is 5.77. The minimum atomic E-state index is 0.0592. The van der Waals surface area contributed by atoms with E-state index in [0.717, 1.165) is 5.56 Å². The molecule has 2 N–H and O–H groups in total. The molecule has 1 saturated heterocycles. The van der Waals surface area contributed by atoms with E-state index < -0.39 is 0 Å². The van der Waals surface area contributed by atoms with Gasteiger partial charge in [0.2, 0.25) is 5.91 Å². The molecule has 3 nitrogen and oxygen atoms in total. The van der Waals surface area contributed by atoms with E-state index >= 15 is 0 Å². The number of hydrogen-bond acceptors (Lipinski definition) is 2. The lowest BCUT2D eigenvalue weighted by atomic mass is 10.0. The second kappa shape index (κ2) is 5.88. The summed E-state index contributed by atoms with van der Waals surface area (Å²) >= 11 is 0. The van der Waals surface area contributed by atoms with Crippen molar-refractivity contribution in [1.29, 1.82) is 0 Å². The highest BCUT2D eigenvalue weighted by Crippen LogP contribution is 2.24. The number of carbonyl (C=O) groups excluding carboxylic acids is 1. The van der Waals surface area contributed by atoms with Gasteiger partial charge in [-0.25, -0.2) is 0 Å². The molecule has 102 valence electrons. The molecule has 2 aromatic carbocycles. The molecule has 1 heterocycles. The summed E-state index contributed by atoms with van der Waals surface area (Å²) < 4.78 is 0. The topological polar surface area (TPSA) is 41.1 Å². The Bertz CT molecular complexity index is 568. The fourth-order valence-corrected chi connectivity index (χ4v) is 2.63. The molecule has 0 aliphatic carbocycles. The SMILES string of the molecule is O=C1C[C@H](c2ccccc2)N[C@H](c2ccccc2)CN1. The van der Waals surface area contributed by atoms with Gasteiger partial charge >= 0.3 is 0 Å². The molecular formula is C17H18N2O. The van der Waals surface area contributed by atoms with Crippen molar-refractivity contribution in [3.63, 3.8) is 0 Å². The predicted octanol–water partition coefficient (Wildman–Crippen LogP) is 2.58. The van der Waals surface area contributed by atoms with E-state index in [4.69, 9.17) is 0 Å². The third-order valence-electron chi connectivity index (χ3n) is 3.70. The Morgan fingerprint density at radius 2 is 1.35 bits per heavy atom. The fourth-order valence-electron chi connectivity index (χ4n) is 2.63. The van der Waals surface area contributed by atoms with Crippen molar-refractivity contribution in [2.24, 2.45) is 0 Å². The Morgan fingerprint density at radius 3 is 1.95 bits per heavy atom. The van der Waals surface area contributed by atoms with Crippen LogP contribution >= 0.6 is 0 Å². The van der Waals surface area contributed by atoms with Gasteiger partial charge in [0.1, 0.15) is 0 Å². The number of hydrogen-bond donors (Lipinski definition) is 2. The molecule has 1 amide bonds. The van der Waals surface area contributed by atoms with Crippen molar-refractivity contribution in [3.8, 4) is 0 Å². The van der Waals surface area contributed by atoms with Gasteiger partial charge in [0.25, 0.3) is 0 Å². The average Bonchev–Trinajstić information content (AvgIpc) is 2.71. The smallest absolute Gasteiger partial charge is 0.221 e. The fraction of sp³-hybridized carbons (Fsp3) is 0.235. The second-order valence-corrected chi connectivity index (χ2v) is 5.10. The average molecular weight is 266 g/mol. The number of benzene rings is 2. The van der Waals surface area contributed by atoms with E-state index in [2.05, 4.69) is 34.9 Å². The van der Waals surface area contributed by atoms with Crippen molar-refractivity contribution in [2.75, 3.05) is 6.54 Å². The highest BCUT2D eigenvalue weighted by atomic mass is 16.1. The maximum Gasteiger partial charge on any atom is 0.221 e. The van der Waals surface area contributed by atoms with Gasteiger partial charge < -0.3 is 10.6 Å². The summed E-state index contributed by atoms with van der Waals surface area (Å²) in [7, 11) is 0. The van der Waals surface area contributed by atoms with E-state index in [-0.39, 0.29) is 18.0 Å². The standard InChI is InChI=1S/C17H18N2O/c20-17-11-15(13-7-3-1-4-8-13)19-16(12-18-17)14-9-5-2-6-10-14/h1-10,15-16,19H,11-12H2,(H,18,20)/t15-,16+/m1/s1. The number of amides is 1. The molecule has 0 aromatic heterocycles. The van der Waals surface area contributed by atoms with Gasteiger partial charge in [-0.15, -0.1) is 0 Å². The lowest BCUT2D eigenvalue weighted by molar-refractivity contribution is -0.121. The monoisotopic (exact) mass is 266 g/mol. The lowest BCUT2D eigenvalue weighted by Gasteiger charge is -2.22. The van der Waals surface area contributed by atoms with Crippen LogP contribution in [0.15, 0.2) is 60.7 Å². The predicted molar refractivity (Wildman–Crippen MR) is 79.1 cm³/mol. The summed E-state index contributed by atoms with van der Waals surface area (Å²) in [5, 5.41) is 6.59. The summed E-state index contributed by atoms with van der Waals surface area (Å²) in [6, 6.07) is 20.6. The summed E-state index contributed by atoms with van der Waals surface area (Å²) in [5.41, 5.74) is 2.36. The first-order valence-corrected chi connectivity index (χ1v) is 6.95. The van der Waals surface area contributed by atoms with E-state index in [0.29, 0.717) is 13.0 Å². The van der Waals surface area contributed by atoms with Crippen LogP contribution in [-0.2, 0) is 4.79 Å². The van der Waals surface area contributed by atoms with Crippen molar-refractivity contribution >= 4 is 5.91 Å². The summed E-state index contributed by atoms with van der Waals surface area (Å²) in [6.07, 6.45) is 0.480. The largest absolute Gasteiger partial charge is 0.354 e. The van der Waals surface area contributed by atoms with Crippen LogP contribution < -0.4 is 10.6 Å². The van der Waals surface area contributed by atoms with Crippen LogP contribution in [0.2, 0.25) is 0 Å². The summed E-state index contributed by atoms with van der Waals surface area (Å²) in [6.45, 7) is 0.631. The molecule has 1 fully saturated rings. The Hall–Kier alpha value is -2.13. The van der Waals surface area contributed by atoms with Gasteiger partial charge in [-0.05, 0) is 11.1 Å². The van der Waals surface area contributed by atoms with Crippen molar-refractivity contribution in [3.05, 3.63) is 71.8 Å². The summed E-state index contributed by atoms with van der Waals surface area (Å²) in [4.78, 5) is 11.9. The van der Waals surface area contributed by atoms with Crippen LogP contribution in [0, 0.1) is 0 Å². The molecule has 0 bridgehead atoms. The van der Waals surface area contributed by atoms with Crippen molar-refractivity contribution in [2.45, 2.75) is 18.5 Å². The normalized spacial score (nSPS) is 22.9. The van der Waals surface area contributed by atoms with Crippen LogP contribution in [0.1, 0.15) is 29.6 Å². The second-order valence-electron chi connectivity index (χ2n) is 5.10. The molecule has 1 aliphatic rings. The van der Waals surface area contributed by atoms with Crippen LogP contribution in [-0.4, -0.2) is 12.5 Å². The van der Waals surface area contributed by atoms with Gasteiger partial charge in [-0.3, -0.25) is 4.79 Å². The van der Waals surface area contributed by atoms with Crippen LogP contribution in [0.25, 0.3) is 0 Å². The van der Waals surface area contributed by atoms with Crippen molar-refractivity contribution in [1.82, 2.24) is 10.6 Å². The molecular weight excluding hydrogens is 248 g/mol. The molecule has 3 rings (SSSR count). The van der Waals surface area contributed by atoms with Gasteiger partial charge in [0, 0.05) is 19.0 Å². The first-order chi connectivity index (χ1) is 9.83. The highest BCUT2D eigenvalue weighted by Gasteiger charge is 2.24. The number of nitrogens with one attached hydrogen (secondary N) is 2. The van der Waals surface area contributed by atoms with Crippen LogP contribution in [0.3, 0.4) is 0 Å². The molecule has 0 radical (unpaired) electrons. The zero-order valence-electron chi connectivity index (χ0n) is 11.3. The molecule has 0 unspecified atom stereocenters. The molecule has 3 heteroatoms. The Morgan fingerprint density at radius 1 is 0.800 bits per heavy atom. The van der Waals surface area contributed by atoms with E-state index in [9.17, 15) is 4.79 Å². The Kier molecular flexibility index (Phi) is 3.79. The first kappa shape index (κ1) is 12.9. The van der Waals surface area contributed by atoms with Gasteiger partial charge in [-0.1, -0.05) is 60.7 Å². The minimum Gasteiger partial charge on any atom is -0.354 e. The van der Waals surface area contributed by atoms with Crippen LogP contribution in [0.5, 0.6) is 0 Å². The first-order valence-electron chi connectivity index (χ1n) is 6.95. The van der Waals surface area contributed by atoms with Gasteiger partial charge in [0.05, 0.1) is 6.04 Å². The molecule has 1 aliphatic heterocycles. The third kappa shape index (κ3) is 2.89. The summed E-state index contributed by atoms with van der Waals surface area (Å²) in [5.74, 6) is 0.102. The van der Waals surface area contributed by atoms with Gasteiger partial charge in [-0.2, -0.15) is 0 Å². The molecule has 0 saturated carbocycles. The number of carbonyl (C=O) groups is 1. The Labute approximate surface area is 119 Å². The quantitative estimate of drug-likeness (QED) is 0.877. The van der Waals surface area contributed by atoms with Crippen LogP contribution in [0.4, 0.5) is 0 Å². The maximum atomic E-state index is 11.9. The molecule has 20 heavy (non-hydrogen) atoms. The Balaban J connectivity index is 1.86. The van der Waals surface area contributed by atoms with E-state index in [1.54, 1.807) is 0 Å². The molecule has 2 atom stereocenters. The zero-order chi connectivity index (χ0) is 13.8. The van der Waals surface area contributed by atoms with Gasteiger partial charge in [0.15, 0.2) is 0 Å². The minimum absolute atomic E-state index is 0.0592. The van der Waals surface area contributed by atoms with Crippen molar-refractivity contribution < 1.29 is 4.79 Å². The zero-order valence-corrected chi connectivity index (χ0v) is 11.3. The maximum absolute atomic E-state index is 11.9. The lowest BCUT2D eigenvalue weighted by Crippen LogP contribution is -2.29. The third-order valence-corrected chi connectivity index (χ3v) is 3.70. The molecule has 0 spiro atoms. The van der Waals surface area contributed by atoms with E-state index in [1.807, 2.05) is 36.4 Å². The van der Waals surface area contributed by atoms with E-state index in [1.165, 1.54) is 5.56 Å².